The lowest BCUT2D eigenvalue weighted by atomic mass is 10.0. The van der Waals surface area contributed by atoms with Crippen molar-refractivity contribution < 1.29 is 4.79 Å². The summed E-state index contributed by atoms with van der Waals surface area (Å²) < 4.78 is 0. The number of aromatic amines is 1. The van der Waals surface area contributed by atoms with Gasteiger partial charge in [0.1, 0.15) is 0 Å². The van der Waals surface area contributed by atoms with E-state index in [0.29, 0.717) is 5.92 Å². The topological polar surface area (TPSA) is 52.2 Å². The van der Waals surface area contributed by atoms with Crippen LogP contribution < -0.4 is 0 Å². The fourth-order valence-electron chi connectivity index (χ4n) is 3.25. The number of amides is 1. The van der Waals surface area contributed by atoms with E-state index in [2.05, 4.69) is 22.0 Å². The first-order valence-corrected chi connectivity index (χ1v) is 8.07. The van der Waals surface area contributed by atoms with E-state index in [-0.39, 0.29) is 5.91 Å². The van der Waals surface area contributed by atoms with E-state index in [1.54, 1.807) is 0 Å². The second-order valence-corrected chi connectivity index (χ2v) is 6.64. The Balaban J connectivity index is 1.66. The number of nitrogens with one attached hydrogen (secondary N) is 1. The molecule has 1 aromatic carbocycles. The molecule has 23 heavy (non-hydrogen) atoms. The highest BCUT2D eigenvalue weighted by atomic mass is 16.2. The van der Waals surface area contributed by atoms with Crippen LogP contribution >= 0.6 is 0 Å². The molecule has 1 atom stereocenters. The van der Waals surface area contributed by atoms with E-state index in [9.17, 15) is 4.79 Å². The number of benzene rings is 1. The van der Waals surface area contributed by atoms with Crippen molar-refractivity contribution in [1.29, 1.82) is 0 Å². The Morgan fingerprint density at radius 1 is 1.35 bits per heavy atom. The van der Waals surface area contributed by atoms with Crippen molar-refractivity contribution in [2.45, 2.75) is 25.8 Å². The van der Waals surface area contributed by atoms with Crippen molar-refractivity contribution >= 4 is 5.91 Å². The van der Waals surface area contributed by atoms with Crippen LogP contribution in [0.5, 0.6) is 0 Å². The molecule has 3 rings (SSSR count). The normalized spacial score (nSPS) is 17.9. The van der Waals surface area contributed by atoms with Crippen LogP contribution in [0.3, 0.4) is 0 Å². The maximum absolute atomic E-state index is 12.7. The van der Waals surface area contributed by atoms with Crippen molar-refractivity contribution in [3.8, 4) is 0 Å². The molecule has 1 amide bonds. The second kappa shape index (κ2) is 6.54. The summed E-state index contributed by atoms with van der Waals surface area (Å²) in [6.07, 6.45) is 2.84. The van der Waals surface area contributed by atoms with Gasteiger partial charge in [0.05, 0.1) is 6.20 Å². The Kier molecular flexibility index (Phi) is 4.48. The number of carbonyl (C=O) groups is 1. The van der Waals surface area contributed by atoms with E-state index in [1.807, 2.05) is 49.5 Å². The molecular formula is C18H24N4O. The summed E-state index contributed by atoms with van der Waals surface area (Å²) in [5, 5.41) is 7.17. The van der Waals surface area contributed by atoms with Crippen LogP contribution in [0.2, 0.25) is 0 Å². The molecule has 5 nitrogen and oxygen atoms in total. The fraction of sp³-hybridized carbons (Fsp3) is 0.444. The lowest BCUT2D eigenvalue weighted by molar-refractivity contribution is 0.0790. The maximum Gasteiger partial charge on any atom is 0.253 e. The number of nitrogens with zero attached hydrogens (tertiary/aromatic N) is 3. The quantitative estimate of drug-likeness (QED) is 0.943. The van der Waals surface area contributed by atoms with Crippen molar-refractivity contribution in [2.75, 3.05) is 27.2 Å². The van der Waals surface area contributed by atoms with Gasteiger partial charge in [-0.05, 0) is 50.7 Å². The minimum absolute atomic E-state index is 0.126. The summed E-state index contributed by atoms with van der Waals surface area (Å²) in [6, 6.07) is 7.96. The summed E-state index contributed by atoms with van der Waals surface area (Å²) in [4.78, 5) is 16.7. The Morgan fingerprint density at radius 3 is 2.70 bits per heavy atom. The summed E-state index contributed by atoms with van der Waals surface area (Å²) in [7, 11) is 4.09. The monoisotopic (exact) mass is 312 g/mol. The summed E-state index contributed by atoms with van der Waals surface area (Å²) in [5.74, 6) is 0.496. The van der Waals surface area contributed by atoms with Crippen LogP contribution in [-0.4, -0.2) is 53.1 Å². The minimum Gasteiger partial charge on any atom is -0.338 e. The van der Waals surface area contributed by atoms with Gasteiger partial charge in [-0.2, -0.15) is 5.10 Å². The summed E-state index contributed by atoms with van der Waals surface area (Å²) >= 11 is 0. The van der Waals surface area contributed by atoms with Crippen molar-refractivity contribution in [3.05, 3.63) is 52.8 Å². The summed E-state index contributed by atoms with van der Waals surface area (Å²) in [6.45, 7) is 4.52. The first kappa shape index (κ1) is 15.7. The fourth-order valence-corrected chi connectivity index (χ4v) is 3.25. The molecule has 1 aliphatic heterocycles. The first-order chi connectivity index (χ1) is 11.0. The van der Waals surface area contributed by atoms with Crippen LogP contribution in [0.1, 0.15) is 39.5 Å². The number of rotatable bonds is 4. The van der Waals surface area contributed by atoms with Gasteiger partial charge in [0.25, 0.3) is 5.91 Å². The maximum atomic E-state index is 12.7. The molecule has 0 radical (unpaired) electrons. The van der Waals surface area contributed by atoms with Crippen LogP contribution in [0, 0.1) is 6.92 Å². The van der Waals surface area contributed by atoms with Gasteiger partial charge in [-0.1, -0.05) is 12.1 Å². The Labute approximate surface area is 137 Å². The van der Waals surface area contributed by atoms with Crippen LogP contribution in [0.25, 0.3) is 0 Å². The molecule has 2 heterocycles. The lowest BCUT2D eigenvalue weighted by Gasteiger charge is -2.17. The molecule has 1 fully saturated rings. The molecule has 1 saturated heterocycles. The van der Waals surface area contributed by atoms with E-state index in [1.165, 1.54) is 16.8 Å². The number of hydrogen-bond acceptors (Lipinski definition) is 3. The van der Waals surface area contributed by atoms with Crippen LogP contribution in [0.15, 0.2) is 30.5 Å². The molecular weight excluding hydrogens is 288 g/mol. The van der Waals surface area contributed by atoms with Crippen molar-refractivity contribution in [1.82, 2.24) is 20.0 Å². The number of aromatic nitrogens is 2. The van der Waals surface area contributed by atoms with Gasteiger partial charge < -0.3 is 9.80 Å². The van der Waals surface area contributed by atoms with E-state index >= 15 is 0 Å². The Morgan fingerprint density at radius 2 is 2.09 bits per heavy atom. The zero-order valence-corrected chi connectivity index (χ0v) is 14.0. The van der Waals surface area contributed by atoms with Crippen LogP contribution in [-0.2, 0) is 6.54 Å². The van der Waals surface area contributed by atoms with E-state index < -0.39 is 0 Å². The smallest absolute Gasteiger partial charge is 0.253 e. The predicted molar refractivity (Wildman–Crippen MR) is 90.4 cm³/mol. The van der Waals surface area contributed by atoms with E-state index in [4.69, 9.17) is 0 Å². The third-order valence-corrected chi connectivity index (χ3v) is 4.45. The van der Waals surface area contributed by atoms with Gasteiger partial charge in [0.2, 0.25) is 0 Å². The molecule has 1 aromatic heterocycles. The average molecular weight is 312 g/mol. The van der Waals surface area contributed by atoms with Gasteiger partial charge >= 0.3 is 0 Å². The molecule has 0 spiro atoms. The second-order valence-electron chi connectivity index (χ2n) is 6.64. The number of carbonyl (C=O) groups excluding carboxylic acids is 1. The third kappa shape index (κ3) is 3.45. The predicted octanol–water partition coefficient (Wildman–Crippen LogP) is 2.41. The molecule has 1 N–H and O–H groups in total. The highest BCUT2D eigenvalue weighted by Crippen LogP contribution is 2.28. The number of aryl methyl sites for hydroxylation is 1. The zero-order valence-electron chi connectivity index (χ0n) is 14.0. The van der Waals surface area contributed by atoms with Gasteiger partial charge in [-0.25, -0.2) is 0 Å². The van der Waals surface area contributed by atoms with Crippen molar-refractivity contribution in [3.63, 3.8) is 0 Å². The standard InChI is InChI=1S/C18H24N4O/c1-13-10-19-20-17(13)16-8-9-22(12-16)18(23)15-6-4-14(5-7-15)11-21(2)3/h4-7,10,16H,8-9,11-12H2,1-3H3,(H,19,20)/t16-/m1/s1. The van der Waals surface area contributed by atoms with Gasteiger partial charge in [-0.3, -0.25) is 9.89 Å². The molecule has 0 unspecified atom stereocenters. The number of H-pyrrole nitrogens is 1. The van der Waals surface area contributed by atoms with Crippen molar-refractivity contribution in [2.24, 2.45) is 0 Å². The Hall–Kier alpha value is -2.14. The van der Waals surface area contributed by atoms with E-state index in [0.717, 1.165) is 31.6 Å². The molecule has 2 aromatic rings. The molecule has 0 bridgehead atoms. The SMILES string of the molecule is Cc1cn[nH]c1[C@@H]1CCN(C(=O)c2ccc(CN(C)C)cc2)C1. The number of likely N-dealkylation sites (tertiary alicyclic amines) is 1. The average Bonchev–Trinajstić information content (AvgIpc) is 3.15. The largest absolute Gasteiger partial charge is 0.338 e. The van der Waals surface area contributed by atoms with Gasteiger partial charge in [0.15, 0.2) is 0 Å². The molecule has 122 valence electrons. The van der Waals surface area contributed by atoms with Crippen LogP contribution in [0.4, 0.5) is 0 Å². The van der Waals surface area contributed by atoms with Gasteiger partial charge in [-0.15, -0.1) is 0 Å². The minimum atomic E-state index is 0.126. The molecule has 0 saturated carbocycles. The molecule has 5 heteroatoms. The third-order valence-electron chi connectivity index (χ3n) is 4.45. The summed E-state index contributed by atoms with van der Waals surface area (Å²) in [5.41, 5.74) is 4.34. The highest BCUT2D eigenvalue weighted by molar-refractivity contribution is 5.94. The zero-order chi connectivity index (χ0) is 16.4. The number of hydrogen-bond donors (Lipinski definition) is 1. The Bertz CT molecular complexity index is 675. The first-order valence-electron chi connectivity index (χ1n) is 8.07. The lowest BCUT2D eigenvalue weighted by Crippen LogP contribution is -2.28. The molecule has 0 aliphatic carbocycles. The highest BCUT2D eigenvalue weighted by Gasteiger charge is 2.29. The van der Waals surface area contributed by atoms with Gasteiger partial charge in [0, 0.05) is 36.8 Å². The molecule has 1 aliphatic rings.